The average molecular weight is 310 g/mol. The Hall–Kier alpha value is -2.69. The lowest BCUT2D eigenvalue weighted by molar-refractivity contribution is 0.0689. The van der Waals surface area contributed by atoms with Gasteiger partial charge in [-0.2, -0.15) is 0 Å². The molecule has 23 heavy (non-hydrogen) atoms. The molecule has 2 heterocycles. The number of pyridine rings is 1. The molecule has 0 bridgehead atoms. The Morgan fingerprint density at radius 2 is 1.52 bits per heavy atom. The molecule has 1 aliphatic rings. The van der Waals surface area contributed by atoms with Crippen molar-refractivity contribution < 1.29 is 14.7 Å². The Kier molecular flexibility index (Phi) is 4.37. The molecule has 5 nitrogen and oxygen atoms in total. The summed E-state index contributed by atoms with van der Waals surface area (Å²) in [5, 5.41) is 8.90. The second-order valence-corrected chi connectivity index (χ2v) is 5.73. The fraction of sp³-hybridized carbons (Fsp3) is 0.278. The van der Waals surface area contributed by atoms with Gasteiger partial charge < -0.3 is 10.0 Å². The Labute approximate surface area is 134 Å². The molecule has 0 atom stereocenters. The highest BCUT2D eigenvalue weighted by molar-refractivity contribution is 5.96. The van der Waals surface area contributed by atoms with Crippen LogP contribution in [0.15, 0.2) is 48.8 Å². The highest BCUT2D eigenvalue weighted by Gasteiger charge is 2.24. The summed E-state index contributed by atoms with van der Waals surface area (Å²) in [6, 6.07) is 10.2. The lowest BCUT2D eigenvalue weighted by atomic mass is 9.90. The summed E-state index contributed by atoms with van der Waals surface area (Å²) in [5.41, 5.74) is 2.01. The minimum atomic E-state index is -0.984. The highest BCUT2D eigenvalue weighted by Crippen LogP contribution is 2.28. The molecule has 1 saturated heterocycles. The smallest absolute Gasteiger partial charge is 0.335 e. The summed E-state index contributed by atoms with van der Waals surface area (Å²) in [6.45, 7) is 1.43. The van der Waals surface area contributed by atoms with E-state index in [1.807, 2.05) is 17.0 Å². The number of carboxylic acids is 1. The quantitative estimate of drug-likeness (QED) is 0.946. The fourth-order valence-corrected chi connectivity index (χ4v) is 2.99. The van der Waals surface area contributed by atoms with E-state index in [9.17, 15) is 9.59 Å². The number of likely N-dealkylation sites (tertiary alicyclic amines) is 1. The Balaban J connectivity index is 1.63. The summed E-state index contributed by atoms with van der Waals surface area (Å²) in [7, 11) is 0. The molecule has 118 valence electrons. The summed E-state index contributed by atoms with van der Waals surface area (Å²) in [5.74, 6) is -0.547. The van der Waals surface area contributed by atoms with Crippen LogP contribution in [0.3, 0.4) is 0 Å². The number of carboxylic acid groups (broad SMARTS) is 1. The van der Waals surface area contributed by atoms with Gasteiger partial charge in [0.2, 0.25) is 0 Å². The van der Waals surface area contributed by atoms with Crippen LogP contribution < -0.4 is 0 Å². The van der Waals surface area contributed by atoms with Crippen molar-refractivity contribution >= 4 is 11.9 Å². The van der Waals surface area contributed by atoms with Gasteiger partial charge in [-0.25, -0.2) is 4.79 Å². The van der Waals surface area contributed by atoms with Gasteiger partial charge >= 0.3 is 5.97 Å². The number of benzene rings is 1. The molecule has 1 aromatic carbocycles. The first-order valence-electron chi connectivity index (χ1n) is 7.67. The number of aromatic nitrogens is 1. The molecule has 3 rings (SSSR count). The van der Waals surface area contributed by atoms with E-state index in [0.29, 0.717) is 24.6 Å². The lowest BCUT2D eigenvalue weighted by Gasteiger charge is -2.32. The molecule has 0 saturated carbocycles. The summed E-state index contributed by atoms with van der Waals surface area (Å²) in [4.78, 5) is 29.2. The fourth-order valence-electron chi connectivity index (χ4n) is 2.99. The number of hydrogen-bond acceptors (Lipinski definition) is 3. The zero-order chi connectivity index (χ0) is 16.2. The van der Waals surface area contributed by atoms with Gasteiger partial charge in [0.15, 0.2) is 0 Å². The Morgan fingerprint density at radius 3 is 2.09 bits per heavy atom. The molecule has 1 fully saturated rings. The third-order valence-electron chi connectivity index (χ3n) is 4.34. The molecule has 0 aliphatic carbocycles. The Bertz CT molecular complexity index is 690. The first-order chi connectivity index (χ1) is 11.1. The van der Waals surface area contributed by atoms with Gasteiger partial charge in [0.1, 0.15) is 0 Å². The number of carbonyl (C=O) groups excluding carboxylic acids is 1. The van der Waals surface area contributed by atoms with Crippen LogP contribution in [0.2, 0.25) is 0 Å². The molecule has 1 aliphatic heterocycles. The van der Waals surface area contributed by atoms with Gasteiger partial charge in [0, 0.05) is 31.0 Å². The number of piperidine rings is 1. The van der Waals surface area contributed by atoms with Gasteiger partial charge in [0.25, 0.3) is 5.91 Å². The number of hydrogen-bond donors (Lipinski definition) is 1. The van der Waals surface area contributed by atoms with Crippen molar-refractivity contribution in [2.45, 2.75) is 18.8 Å². The van der Waals surface area contributed by atoms with E-state index < -0.39 is 5.97 Å². The third kappa shape index (κ3) is 3.39. The Morgan fingerprint density at radius 1 is 0.957 bits per heavy atom. The number of carbonyl (C=O) groups is 2. The van der Waals surface area contributed by atoms with Crippen LogP contribution in [-0.2, 0) is 0 Å². The summed E-state index contributed by atoms with van der Waals surface area (Å²) >= 11 is 0. The van der Waals surface area contributed by atoms with E-state index in [2.05, 4.69) is 4.98 Å². The predicted octanol–water partition coefficient (Wildman–Crippen LogP) is 2.80. The maximum Gasteiger partial charge on any atom is 0.335 e. The van der Waals surface area contributed by atoms with Crippen LogP contribution in [0.1, 0.15) is 45.0 Å². The van der Waals surface area contributed by atoms with Crippen LogP contribution in [0.4, 0.5) is 0 Å². The number of amides is 1. The SMILES string of the molecule is O=C(O)c1ccc(C(=O)N2CCC(c3ccncc3)CC2)cc1. The van der Waals surface area contributed by atoms with Crippen molar-refractivity contribution in [2.75, 3.05) is 13.1 Å². The summed E-state index contributed by atoms with van der Waals surface area (Å²) in [6.07, 6.45) is 5.47. The maximum atomic E-state index is 12.5. The van der Waals surface area contributed by atoms with Crippen molar-refractivity contribution in [3.8, 4) is 0 Å². The minimum absolute atomic E-state index is 0.0323. The van der Waals surface area contributed by atoms with Crippen molar-refractivity contribution in [1.82, 2.24) is 9.88 Å². The monoisotopic (exact) mass is 310 g/mol. The van der Waals surface area contributed by atoms with E-state index in [0.717, 1.165) is 12.8 Å². The van der Waals surface area contributed by atoms with Gasteiger partial charge in [-0.05, 0) is 60.7 Å². The van der Waals surface area contributed by atoms with E-state index in [4.69, 9.17) is 5.11 Å². The first kappa shape index (κ1) is 15.2. The van der Waals surface area contributed by atoms with Crippen LogP contribution in [0.5, 0.6) is 0 Å². The van der Waals surface area contributed by atoms with E-state index in [1.165, 1.54) is 17.7 Å². The second-order valence-electron chi connectivity index (χ2n) is 5.73. The molecule has 1 N–H and O–H groups in total. The molecule has 0 unspecified atom stereocenters. The molecule has 1 amide bonds. The number of rotatable bonds is 3. The van der Waals surface area contributed by atoms with Crippen LogP contribution in [-0.4, -0.2) is 40.0 Å². The van der Waals surface area contributed by atoms with Crippen LogP contribution in [0.25, 0.3) is 0 Å². The number of aromatic carboxylic acids is 1. The third-order valence-corrected chi connectivity index (χ3v) is 4.34. The second kappa shape index (κ2) is 6.60. The van der Waals surface area contributed by atoms with Gasteiger partial charge in [-0.3, -0.25) is 9.78 Å². The number of nitrogens with zero attached hydrogens (tertiary/aromatic N) is 2. The molecular weight excluding hydrogens is 292 g/mol. The molecule has 5 heteroatoms. The highest BCUT2D eigenvalue weighted by atomic mass is 16.4. The standard InChI is InChI=1S/C18H18N2O3/c21-17(15-1-3-16(4-2-15)18(22)23)20-11-7-14(8-12-20)13-5-9-19-10-6-13/h1-6,9-10,14H,7-8,11-12H2,(H,22,23). The van der Waals surface area contributed by atoms with Crippen molar-refractivity contribution in [3.63, 3.8) is 0 Å². The van der Waals surface area contributed by atoms with E-state index in [-0.39, 0.29) is 11.5 Å². The van der Waals surface area contributed by atoms with Crippen molar-refractivity contribution in [1.29, 1.82) is 0 Å². The van der Waals surface area contributed by atoms with Crippen LogP contribution >= 0.6 is 0 Å². The van der Waals surface area contributed by atoms with Gasteiger partial charge in [-0.1, -0.05) is 0 Å². The molecule has 2 aromatic rings. The molecular formula is C18H18N2O3. The van der Waals surface area contributed by atoms with Crippen LogP contribution in [0, 0.1) is 0 Å². The van der Waals surface area contributed by atoms with Crippen molar-refractivity contribution in [3.05, 3.63) is 65.5 Å². The normalized spacial score (nSPS) is 15.4. The topological polar surface area (TPSA) is 70.5 Å². The van der Waals surface area contributed by atoms with Gasteiger partial charge in [0.05, 0.1) is 5.56 Å². The largest absolute Gasteiger partial charge is 0.478 e. The van der Waals surface area contributed by atoms with E-state index >= 15 is 0 Å². The first-order valence-corrected chi connectivity index (χ1v) is 7.67. The predicted molar refractivity (Wildman–Crippen MR) is 85.5 cm³/mol. The maximum absolute atomic E-state index is 12.5. The van der Waals surface area contributed by atoms with Crippen molar-refractivity contribution in [2.24, 2.45) is 0 Å². The molecule has 0 radical (unpaired) electrons. The minimum Gasteiger partial charge on any atom is -0.478 e. The van der Waals surface area contributed by atoms with E-state index in [1.54, 1.807) is 24.5 Å². The van der Waals surface area contributed by atoms with Gasteiger partial charge in [-0.15, -0.1) is 0 Å². The zero-order valence-electron chi connectivity index (χ0n) is 12.7. The lowest BCUT2D eigenvalue weighted by Crippen LogP contribution is -2.37. The molecule has 1 aromatic heterocycles. The zero-order valence-corrected chi connectivity index (χ0v) is 12.7. The molecule has 0 spiro atoms. The average Bonchev–Trinajstić information content (AvgIpc) is 2.62. The summed E-state index contributed by atoms with van der Waals surface area (Å²) < 4.78 is 0.